The number of rotatable bonds is 3. The lowest BCUT2D eigenvalue weighted by molar-refractivity contribution is -0.146. The molecule has 3 amide bonds. The molecule has 0 N–H and O–H groups in total. The monoisotopic (exact) mass is 451 g/mol. The van der Waals surface area contributed by atoms with E-state index in [2.05, 4.69) is 0 Å². The SMILES string of the molecule is O=C(CN1C(=O)CCOc2ccccc21)N1CCN(C(=O)[C@H]2COc3ccccc3O2)CC1. The van der Waals surface area contributed by atoms with E-state index in [4.69, 9.17) is 14.2 Å². The molecule has 1 fully saturated rings. The third-order valence-corrected chi connectivity index (χ3v) is 6.05. The maximum atomic E-state index is 13.0. The van der Waals surface area contributed by atoms with Crippen molar-refractivity contribution in [1.29, 1.82) is 0 Å². The van der Waals surface area contributed by atoms with Gasteiger partial charge >= 0.3 is 0 Å². The van der Waals surface area contributed by atoms with E-state index in [1.165, 1.54) is 4.90 Å². The van der Waals surface area contributed by atoms with Gasteiger partial charge in [-0.2, -0.15) is 0 Å². The number of piperazine rings is 1. The summed E-state index contributed by atoms with van der Waals surface area (Å²) < 4.78 is 17.1. The first-order chi connectivity index (χ1) is 16.1. The van der Waals surface area contributed by atoms with Crippen molar-refractivity contribution < 1.29 is 28.6 Å². The van der Waals surface area contributed by atoms with Crippen molar-refractivity contribution in [2.45, 2.75) is 12.5 Å². The van der Waals surface area contributed by atoms with Crippen LogP contribution in [0.1, 0.15) is 6.42 Å². The lowest BCUT2D eigenvalue weighted by Crippen LogP contribution is -2.56. The summed E-state index contributed by atoms with van der Waals surface area (Å²) in [5, 5.41) is 0. The third-order valence-electron chi connectivity index (χ3n) is 6.05. The standard InChI is InChI=1S/C24H25N3O6/c28-22-9-14-31-18-6-2-1-5-17(18)27(22)15-23(29)25-10-12-26(13-11-25)24(30)21-16-32-19-7-3-4-8-20(19)33-21/h1-8,21H,9-16H2/t21-/m1/s1. The zero-order valence-electron chi connectivity index (χ0n) is 18.1. The fourth-order valence-corrected chi connectivity index (χ4v) is 4.25. The van der Waals surface area contributed by atoms with Gasteiger partial charge < -0.3 is 24.0 Å². The van der Waals surface area contributed by atoms with Crippen LogP contribution in [-0.2, 0) is 14.4 Å². The Hall–Kier alpha value is -3.75. The molecular weight excluding hydrogens is 426 g/mol. The van der Waals surface area contributed by atoms with Gasteiger partial charge in [0.15, 0.2) is 11.5 Å². The molecule has 5 rings (SSSR count). The fourth-order valence-electron chi connectivity index (χ4n) is 4.25. The zero-order chi connectivity index (χ0) is 22.8. The number of para-hydroxylation sites is 4. The predicted molar refractivity (Wildman–Crippen MR) is 118 cm³/mol. The Labute approximate surface area is 191 Å². The minimum atomic E-state index is -0.701. The predicted octanol–water partition coefficient (Wildman–Crippen LogP) is 1.31. The van der Waals surface area contributed by atoms with E-state index in [1.807, 2.05) is 24.3 Å². The Morgan fingerprint density at radius 1 is 0.848 bits per heavy atom. The van der Waals surface area contributed by atoms with Crippen molar-refractivity contribution in [3.63, 3.8) is 0 Å². The molecule has 1 saturated heterocycles. The van der Waals surface area contributed by atoms with Gasteiger partial charge in [0.2, 0.25) is 17.9 Å². The van der Waals surface area contributed by atoms with Crippen molar-refractivity contribution in [3.8, 4) is 17.2 Å². The van der Waals surface area contributed by atoms with Gasteiger partial charge in [-0.25, -0.2) is 0 Å². The Kier molecular flexibility index (Phi) is 5.77. The zero-order valence-corrected chi connectivity index (χ0v) is 18.1. The number of ether oxygens (including phenoxy) is 3. The van der Waals surface area contributed by atoms with Crippen molar-refractivity contribution in [1.82, 2.24) is 9.80 Å². The summed E-state index contributed by atoms with van der Waals surface area (Å²) in [5.41, 5.74) is 0.608. The normalized spacial score (nSPS) is 19.9. The van der Waals surface area contributed by atoms with Crippen LogP contribution in [0.5, 0.6) is 17.2 Å². The van der Waals surface area contributed by atoms with Crippen LogP contribution in [0.15, 0.2) is 48.5 Å². The second-order valence-corrected chi connectivity index (χ2v) is 8.12. The summed E-state index contributed by atoms with van der Waals surface area (Å²) in [4.78, 5) is 43.4. The molecule has 1 atom stereocenters. The van der Waals surface area contributed by atoms with Gasteiger partial charge in [-0.05, 0) is 24.3 Å². The van der Waals surface area contributed by atoms with Gasteiger partial charge in [0.25, 0.3) is 5.91 Å². The quantitative estimate of drug-likeness (QED) is 0.699. The molecule has 9 nitrogen and oxygen atoms in total. The maximum Gasteiger partial charge on any atom is 0.267 e. The maximum absolute atomic E-state index is 13.0. The first kappa shape index (κ1) is 21.1. The summed E-state index contributed by atoms with van der Waals surface area (Å²) in [5.74, 6) is 1.35. The molecule has 9 heteroatoms. The van der Waals surface area contributed by atoms with Gasteiger partial charge in [-0.3, -0.25) is 19.3 Å². The van der Waals surface area contributed by atoms with E-state index in [0.717, 1.165) is 0 Å². The molecule has 0 bridgehead atoms. The summed E-state index contributed by atoms with van der Waals surface area (Å²) in [6.45, 7) is 2.00. The van der Waals surface area contributed by atoms with Crippen molar-refractivity contribution in [2.75, 3.05) is 50.8 Å². The van der Waals surface area contributed by atoms with Crippen molar-refractivity contribution in [3.05, 3.63) is 48.5 Å². The number of carbonyl (C=O) groups is 3. The van der Waals surface area contributed by atoms with Crippen LogP contribution in [0.2, 0.25) is 0 Å². The molecule has 2 aromatic rings. The van der Waals surface area contributed by atoms with Gasteiger partial charge in [0, 0.05) is 26.2 Å². The van der Waals surface area contributed by atoms with Crippen LogP contribution in [-0.4, -0.2) is 79.6 Å². The van der Waals surface area contributed by atoms with E-state index < -0.39 is 6.10 Å². The molecule has 0 saturated carbocycles. The van der Waals surface area contributed by atoms with E-state index in [-0.39, 0.29) is 37.3 Å². The molecule has 0 radical (unpaired) electrons. The number of hydrogen-bond acceptors (Lipinski definition) is 6. The highest BCUT2D eigenvalue weighted by Gasteiger charge is 2.34. The lowest BCUT2D eigenvalue weighted by Gasteiger charge is -2.37. The largest absolute Gasteiger partial charge is 0.491 e. The van der Waals surface area contributed by atoms with Crippen molar-refractivity contribution >= 4 is 23.4 Å². The van der Waals surface area contributed by atoms with E-state index in [0.29, 0.717) is 55.7 Å². The Morgan fingerprint density at radius 2 is 1.52 bits per heavy atom. The van der Waals surface area contributed by atoms with Crippen LogP contribution in [0.4, 0.5) is 5.69 Å². The van der Waals surface area contributed by atoms with Gasteiger partial charge in [-0.1, -0.05) is 24.3 Å². The van der Waals surface area contributed by atoms with Gasteiger partial charge in [-0.15, -0.1) is 0 Å². The fraction of sp³-hybridized carbons (Fsp3) is 0.375. The van der Waals surface area contributed by atoms with E-state index in [1.54, 1.807) is 34.1 Å². The topological polar surface area (TPSA) is 88.6 Å². The third kappa shape index (κ3) is 4.30. The average molecular weight is 451 g/mol. The second-order valence-electron chi connectivity index (χ2n) is 8.12. The first-order valence-corrected chi connectivity index (χ1v) is 11.1. The van der Waals surface area contributed by atoms with Crippen LogP contribution in [0, 0.1) is 0 Å². The number of anilines is 1. The number of fused-ring (bicyclic) bond motifs is 2. The van der Waals surface area contributed by atoms with E-state index >= 15 is 0 Å². The minimum absolute atomic E-state index is 0.0521. The molecular formula is C24H25N3O6. The number of amides is 3. The smallest absolute Gasteiger partial charge is 0.267 e. The molecule has 0 aliphatic carbocycles. The number of benzene rings is 2. The molecule has 3 aliphatic rings. The van der Waals surface area contributed by atoms with Crippen LogP contribution in [0.25, 0.3) is 0 Å². The summed E-state index contributed by atoms with van der Waals surface area (Å²) in [7, 11) is 0. The molecule has 33 heavy (non-hydrogen) atoms. The lowest BCUT2D eigenvalue weighted by atomic mass is 10.2. The second kappa shape index (κ2) is 9.01. The van der Waals surface area contributed by atoms with Gasteiger partial charge in [0.1, 0.15) is 18.9 Å². The van der Waals surface area contributed by atoms with Crippen LogP contribution < -0.4 is 19.1 Å². The first-order valence-electron chi connectivity index (χ1n) is 11.1. The highest BCUT2D eigenvalue weighted by molar-refractivity contribution is 6.00. The van der Waals surface area contributed by atoms with E-state index in [9.17, 15) is 14.4 Å². The van der Waals surface area contributed by atoms with Gasteiger partial charge in [0.05, 0.1) is 18.7 Å². The molecule has 0 spiro atoms. The molecule has 3 heterocycles. The summed E-state index contributed by atoms with van der Waals surface area (Å²) in [6.07, 6.45) is -0.482. The minimum Gasteiger partial charge on any atom is -0.491 e. The molecule has 3 aliphatic heterocycles. The molecule has 0 aromatic heterocycles. The Bertz CT molecular complexity index is 1070. The number of nitrogens with zero attached hydrogens (tertiary/aromatic N) is 3. The number of carbonyl (C=O) groups excluding carboxylic acids is 3. The molecule has 172 valence electrons. The average Bonchev–Trinajstić information content (AvgIpc) is 3.02. The Balaban J connectivity index is 1.18. The highest BCUT2D eigenvalue weighted by atomic mass is 16.6. The molecule has 2 aromatic carbocycles. The molecule has 0 unspecified atom stereocenters. The van der Waals surface area contributed by atoms with Crippen LogP contribution in [0.3, 0.4) is 0 Å². The summed E-state index contributed by atoms with van der Waals surface area (Å²) in [6, 6.07) is 14.5. The highest BCUT2D eigenvalue weighted by Crippen LogP contribution is 2.32. The summed E-state index contributed by atoms with van der Waals surface area (Å²) >= 11 is 0. The Morgan fingerprint density at radius 3 is 2.30 bits per heavy atom. The number of hydrogen-bond donors (Lipinski definition) is 0. The van der Waals surface area contributed by atoms with Crippen LogP contribution >= 0.6 is 0 Å². The van der Waals surface area contributed by atoms with Crippen molar-refractivity contribution in [2.24, 2.45) is 0 Å².